The van der Waals surface area contributed by atoms with Gasteiger partial charge in [-0.25, -0.2) is 9.78 Å². The van der Waals surface area contributed by atoms with Crippen LogP contribution in [-0.4, -0.2) is 73.4 Å². The number of alkyl carbamates (subject to hydrolysis) is 1. The number of nitrogens with zero attached hydrogens (tertiary/aromatic N) is 2. The number of hydrogen-bond donors (Lipinski definition) is 3. The average molecular weight is 530 g/mol. The molecule has 1 atom stereocenters. The number of aromatic nitrogens is 1. The molecule has 10 heteroatoms. The predicted molar refractivity (Wildman–Crippen MR) is 146 cm³/mol. The van der Waals surface area contributed by atoms with Crippen LogP contribution in [0.2, 0.25) is 0 Å². The van der Waals surface area contributed by atoms with Crippen molar-refractivity contribution in [3.63, 3.8) is 0 Å². The van der Waals surface area contributed by atoms with Gasteiger partial charge in [0.2, 0.25) is 5.91 Å². The van der Waals surface area contributed by atoms with Gasteiger partial charge in [-0.2, -0.15) is 0 Å². The summed E-state index contributed by atoms with van der Waals surface area (Å²) < 4.78 is 11.2. The Kier molecular flexibility index (Phi) is 9.39. The van der Waals surface area contributed by atoms with Crippen molar-refractivity contribution in [3.05, 3.63) is 29.1 Å². The zero-order valence-corrected chi connectivity index (χ0v) is 22.9. The lowest BCUT2D eigenvalue weighted by atomic mass is 9.85. The summed E-state index contributed by atoms with van der Waals surface area (Å²) in [6.07, 6.45) is 4.77. The van der Waals surface area contributed by atoms with E-state index in [1.807, 2.05) is 18.4 Å². The van der Waals surface area contributed by atoms with Gasteiger partial charge in [-0.05, 0) is 69.8 Å². The zero-order valence-electron chi connectivity index (χ0n) is 22.1. The second-order valence-electron chi connectivity index (χ2n) is 9.70. The summed E-state index contributed by atoms with van der Waals surface area (Å²) >= 11 is 1.42. The van der Waals surface area contributed by atoms with Gasteiger partial charge in [0.1, 0.15) is 17.4 Å². The molecule has 1 aromatic heterocycles. The largest absolute Gasteiger partial charge is 0.496 e. The average Bonchev–Trinajstić information content (AvgIpc) is 3.58. The van der Waals surface area contributed by atoms with Gasteiger partial charge in [-0.1, -0.05) is 19.4 Å². The Hall–Kier alpha value is -2.69. The molecule has 4 rings (SSSR count). The first kappa shape index (κ1) is 27.3. The number of carbonyl (C=O) groups is 2. The molecule has 2 aromatic rings. The lowest BCUT2D eigenvalue weighted by molar-refractivity contribution is -0.129. The SMILES string of the molecule is CCCCc1ccc(OC)c(-c2csc(NC(=O)C3(N4CCC(OC(=O)NCC)C4)CCNCC3)n2)c1. The molecule has 0 saturated carbocycles. The molecule has 1 unspecified atom stereocenters. The number of piperidine rings is 1. The van der Waals surface area contributed by atoms with Gasteiger partial charge in [0.25, 0.3) is 0 Å². The highest BCUT2D eigenvalue weighted by Gasteiger charge is 2.48. The normalized spacial score (nSPS) is 19.4. The predicted octanol–water partition coefficient (Wildman–Crippen LogP) is 4.04. The number of carbonyl (C=O) groups excluding carboxylic acids is 2. The fourth-order valence-electron chi connectivity index (χ4n) is 5.24. The Balaban J connectivity index is 1.49. The van der Waals surface area contributed by atoms with Gasteiger partial charge in [0.05, 0.1) is 12.8 Å². The molecular weight excluding hydrogens is 490 g/mol. The first-order valence-electron chi connectivity index (χ1n) is 13.3. The van der Waals surface area contributed by atoms with Crippen molar-refractivity contribution >= 4 is 28.5 Å². The Labute approximate surface area is 223 Å². The summed E-state index contributed by atoms with van der Waals surface area (Å²) in [5.41, 5.74) is 2.33. The van der Waals surface area contributed by atoms with E-state index in [4.69, 9.17) is 14.5 Å². The first-order chi connectivity index (χ1) is 18.0. The molecule has 37 heavy (non-hydrogen) atoms. The van der Waals surface area contributed by atoms with Crippen LogP contribution < -0.4 is 20.7 Å². The number of likely N-dealkylation sites (tertiary alicyclic amines) is 1. The second kappa shape index (κ2) is 12.7. The van der Waals surface area contributed by atoms with Crippen molar-refractivity contribution < 1.29 is 19.1 Å². The number of amides is 2. The lowest BCUT2D eigenvalue weighted by Crippen LogP contribution is -2.61. The standard InChI is InChI=1S/C27H39N5O4S/c1-4-6-7-19-8-9-23(35-3)21(16-19)22-18-37-25(30-22)31-24(33)27(11-13-28-14-12-27)32-15-10-20(17-32)36-26(34)29-5-2/h8-9,16,18,20,28H,4-7,10-15,17H2,1-3H3,(H,29,34)(H,30,31,33). The molecule has 3 N–H and O–H groups in total. The number of methoxy groups -OCH3 is 1. The van der Waals surface area contributed by atoms with Gasteiger partial charge >= 0.3 is 6.09 Å². The summed E-state index contributed by atoms with van der Waals surface area (Å²) in [5, 5.41) is 11.7. The number of ether oxygens (including phenoxy) is 2. The number of anilines is 1. The fourth-order valence-corrected chi connectivity index (χ4v) is 5.94. The highest BCUT2D eigenvalue weighted by molar-refractivity contribution is 7.14. The van der Waals surface area contributed by atoms with E-state index < -0.39 is 11.6 Å². The second-order valence-corrected chi connectivity index (χ2v) is 10.6. The van der Waals surface area contributed by atoms with Crippen molar-refractivity contribution in [1.82, 2.24) is 20.5 Å². The molecule has 0 aliphatic carbocycles. The van der Waals surface area contributed by atoms with E-state index in [1.54, 1.807) is 7.11 Å². The maximum Gasteiger partial charge on any atom is 0.407 e. The molecule has 2 aliphatic heterocycles. The van der Waals surface area contributed by atoms with Crippen molar-refractivity contribution in [2.24, 2.45) is 0 Å². The number of unbranched alkanes of at least 4 members (excludes halogenated alkanes) is 1. The highest BCUT2D eigenvalue weighted by Crippen LogP contribution is 2.36. The zero-order chi connectivity index (χ0) is 26.3. The maximum atomic E-state index is 13.8. The third-order valence-electron chi connectivity index (χ3n) is 7.28. The van der Waals surface area contributed by atoms with Crippen LogP contribution in [0.25, 0.3) is 11.3 Å². The van der Waals surface area contributed by atoms with Crippen LogP contribution in [0.1, 0.15) is 51.5 Å². The molecule has 3 heterocycles. The Morgan fingerprint density at radius 1 is 1.27 bits per heavy atom. The lowest BCUT2D eigenvalue weighted by Gasteiger charge is -2.43. The van der Waals surface area contributed by atoms with Gasteiger partial charge in [-0.15, -0.1) is 11.3 Å². The Morgan fingerprint density at radius 3 is 2.81 bits per heavy atom. The summed E-state index contributed by atoms with van der Waals surface area (Å²) in [6.45, 7) is 7.36. The van der Waals surface area contributed by atoms with Crippen molar-refractivity contribution in [1.29, 1.82) is 0 Å². The van der Waals surface area contributed by atoms with Crippen LogP contribution >= 0.6 is 11.3 Å². The van der Waals surface area contributed by atoms with E-state index in [9.17, 15) is 9.59 Å². The number of thiazole rings is 1. The van der Waals surface area contributed by atoms with E-state index in [0.29, 0.717) is 37.6 Å². The van der Waals surface area contributed by atoms with Crippen LogP contribution in [-0.2, 0) is 16.0 Å². The number of benzene rings is 1. The first-order valence-corrected chi connectivity index (χ1v) is 14.2. The number of hydrogen-bond acceptors (Lipinski definition) is 8. The Bertz CT molecular complexity index is 1070. The number of nitrogens with one attached hydrogen (secondary N) is 3. The van der Waals surface area contributed by atoms with Crippen molar-refractivity contribution in [2.45, 2.75) is 64.0 Å². The minimum Gasteiger partial charge on any atom is -0.496 e. The molecular formula is C27H39N5O4S. The van der Waals surface area contributed by atoms with E-state index in [-0.39, 0.29) is 12.0 Å². The molecule has 202 valence electrons. The quantitative estimate of drug-likeness (QED) is 0.427. The minimum absolute atomic E-state index is 0.0442. The van der Waals surface area contributed by atoms with E-state index >= 15 is 0 Å². The van der Waals surface area contributed by atoms with E-state index in [1.165, 1.54) is 16.9 Å². The molecule has 0 spiro atoms. The van der Waals surface area contributed by atoms with Crippen LogP contribution in [0.15, 0.2) is 23.6 Å². The Morgan fingerprint density at radius 2 is 2.08 bits per heavy atom. The fraction of sp³-hybridized carbons (Fsp3) is 0.593. The van der Waals surface area contributed by atoms with Crippen LogP contribution in [0, 0.1) is 0 Å². The molecule has 9 nitrogen and oxygen atoms in total. The van der Waals surface area contributed by atoms with Gasteiger partial charge in [0, 0.05) is 30.6 Å². The van der Waals surface area contributed by atoms with E-state index in [0.717, 1.165) is 55.8 Å². The summed E-state index contributed by atoms with van der Waals surface area (Å²) in [7, 11) is 1.67. The molecule has 0 radical (unpaired) electrons. The number of aryl methyl sites for hydroxylation is 1. The monoisotopic (exact) mass is 529 g/mol. The third kappa shape index (κ3) is 6.42. The molecule has 0 bridgehead atoms. The molecule has 2 aliphatic rings. The maximum absolute atomic E-state index is 13.8. The smallest absolute Gasteiger partial charge is 0.407 e. The topological polar surface area (TPSA) is 105 Å². The summed E-state index contributed by atoms with van der Waals surface area (Å²) in [5.74, 6) is 0.727. The number of rotatable bonds is 10. The van der Waals surface area contributed by atoms with Crippen LogP contribution in [0.3, 0.4) is 0 Å². The molecule has 1 aromatic carbocycles. The molecule has 2 saturated heterocycles. The van der Waals surface area contributed by atoms with Crippen molar-refractivity contribution in [3.8, 4) is 17.0 Å². The summed E-state index contributed by atoms with van der Waals surface area (Å²) in [6, 6.07) is 6.24. The van der Waals surface area contributed by atoms with Gasteiger partial charge in [0.15, 0.2) is 5.13 Å². The van der Waals surface area contributed by atoms with Crippen molar-refractivity contribution in [2.75, 3.05) is 45.2 Å². The third-order valence-corrected chi connectivity index (χ3v) is 8.04. The van der Waals surface area contributed by atoms with E-state index in [2.05, 4.69) is 39.9 Å². The van der Waals surface area contributed by atoms with Gasteiger partial charge in [-0.3, -0.25) is 9.69 Å². The van der Waals surface area contributed by atoms with Gasteiger partial charge < -0.3 is 25.4 Å². The van der Waals surface area contributed by atoms with Crippen LogP contribution in [0.4, 0.5) is 9.93 Å². The highest BCUT2D eigenvalue weighted by atomic mass is 32.1. The molecule has 2 amide bonds. The minimum atomic E-state index is -0.659. The summed E-state index contributed by atoms with van der Waals surface area (Å²) in [4.78, 5) is 32.7. The van der Waals surface area contributed by atoms with Crippen LogP contribution in [0.5, 0.6) is 5.75 Å². The molecule has 2 fully saturated rings.